The molecule has 0 saturated heterocycles. The summed E-state index contributed by atoms with van der Waals surface area (Å²) >= 11 is 1.89. The van der Waals surface area contributed by atoms with E-state index in [2.05, 4.69) is 175 Å². The summed E-state index contributed by atoms with van der Waals surface area (Å²) in [5, 5.41) is 5.21. The molecule has 4 heteroatoms. The molecule has 0 fully saturated rings. The molecule has 0 spiro atoms. The Morgan fingerprint density at radius 1 is 0.528 bits per heavy atom. The molecule has 10 rings (SSSR count). The Hall–Kier alpha value is -6.36. The van der Waals surface area contributed by atoms with Gasteiger partial charge in [0.05, 0.1) is 22.4 Å². The Morgan fingerprint density at radius 2 is 1.17 bits per heavy atom. The molecule has 0 N–H and O–H groups in total. The summed E-state index contributed by atoms with van der Waals surface area (Å²) in [6.45, 7) is 2.22. The van der Waals surface area contributed by atoms with E-state index >= 15 is 0 Å². The van der Waals surface area contributed by atoms with Crippen molar-refractivity contribution < 1.29 is 0 Å². The smallest absolute Gasteiger partial charge is 0.160 e. The van der Waals surface area contributed by atoms with Gasteiger partial charge in [-0.05, 0) is 59.0 Å². The highest BCUT2D eigenvalue weighted by atomic mass is 32.1. The summed E-state index contributed by atoms with van der Waals surface area (Å²) in [5.41, 5.74) is 12.5. The molecule has 252 valence electrons. The lowest BCUT2D eigenvalue weighted by Gasteiger charge is -2.12. The third kappa shape index (κ3) is 5.42. The minimum absolute atomic E-state index is 0.736. The SMILES string of the molecule is CCC1=C(c2ccccc2)N=C(c2ccccc2)N=C(c2ccc(-n3c4cc(-c5ccccc5)ccc4c4c5sc6ccccc6c5ccc43)cc2)C1. The zero-order chi connectivity index (χ0) is 35.3. The molecule has 0 saturated carbocycles. The Morgan fingerprint density at radius 3 is 1.91 bits per heavy atom. The van der Waals surface area contributed by atoms with Crippen molar-refractivity contribution in [3.05, 3.63) is 192 Å². The Balaban J connectivity index is 1.14. The Labute approximate surface area is 312 Å². The van der Waals surface area contributed by atoms with Crippen LogP contribution < -0.4 is 0 Å². The van der Waals surface area contributed by atoms with E-state index in [0.717, 1.165) is 52.5 Å². The Bertz CT molecular complexity index is 2910. The van der Waals surface area contributed by atoms with Gasteiger partial charge in [-0.15, -0.1) is 11.3 Å². The lowest BCUT2D eigenvalue weighted by Crippen LogP contribution is -2.06. The van der Waals surface area contributed by atoms with Crippen LogP contribution in [-0.2, 0) is 0 Å². The number of hydrogen-bond acceptors (Lipinski definition) is 3. The van der Waals surface area contributed by atoms with E-state index in [1.807, 2.05) is 17.4 Å². The summed E-state index contributed by atoms with van der Waals surface area (Å²) in [5.74, 6) is 0.746. The number of nitrogens with zero attached hydrogens (tertiary/aromatic N) is 3. The highest BCUT2D eigenvalue weighted by Gasteiger charge is 2.21. The van der Waals surface area contributed by atoms with Gasteiger partial charge in [0.15, 0.2) is 5.84 Å². The first kappa shape index (κ1) is 31.4. The number of aliphatic imine (C=N–C) groups is 2. The molecule has 0 unspecified atom stereocenters. The number of benzene rings is 7. The molecule has 3 heterocycles. The van der Waals surface area contributed by atoms with Crippen molar-refractivity contribution in [3.63, 3.8) is 0 Å². The molecule has 0 bridgehead atoms. The number of allylic oxidation sites excluding steroid dienone is 1. The highest BCUT2D eigenvalue weighted by molar-refractivity contribution is 7.26. The number of amidine groups is 1. The second kappa shape index (κ2) is 13.0. The number of rotatable bonds is 6. The molecule has 0 radical (unpaired) electrons. The van der Waals surface area contributed by atoms with E-state index in [0.29, 0.717) is 0 Å². The second-order valence-electron chi connectivity index (χ2n) is 13.6. The van der Waals surface area contributed by atoms with E-state index < -0.39 is 0 Å². The summed E-state index contributed by atoms with van der Waals surface area (Å²) in [4.78, 5) is 10.6. The highest BCUT2D eigenvalue weighted by Crippen LogP contribution is 2.44. The van der Waals surface area contributed by atoms with Gasteiger partial charge in [-0.3, -0.25) is 0 Å². The van der Waals surface area contributed by atoms with Crippen LogP contribution in [0.25, 0.3) is 64.5 Å². The molecular weight excluding hydrogens is 663 g/mol. The average molecular weight is 698 g/mol. The number of aromatic nitrogens is 1. The van der Waals surface area contributed by atoms with Crippen LogP contribution in [-0.4, -0.2) is 16.1 Å². The maximum atomic E-state index is 5.30. The van der Waals surface area contributed by atoms with E-state index in [1.165, 1.54) is 58.7 Å². The third-order valence-corrected chi connectivity index (χ3v) is 11.7. The van der Waals surface area contributed by atoms with Crippen LogP contribution in [0.1, 0.15) is 36.5 Å². The topological polar surface area (TPSA) is 29.6 Å². The van der Waals surface area contributed by atoms with Crippen molar-refractivity contribution in [2.75, 3.05) is 0 Å². The van der Waals surface area contributed by atoms with Crippen LogP contribution in [0, 0.1) is 0 Å². The first-order valence-electron chi connectivity index (χ1n) is 18.3. The molecule has 3 nitrogen and oxygen atoms in total. The fraction of sp³-hybridized carbons (Fsp3) is 0.0612. The monoisotopic (exact) mass is 697 g/mol. The Kier molecular flexibility index (Phi) is 7.70. The van der Waals surface area contributed by atoms with Gasteiger partial charge < -0.3 is 4.57 Å². The van der Waals surface area contributed by atoms with E-state index in [9.17, 15) is 0 Å². The largest absolute Gasteiger partial charge is 0.309 e. The van der Waals surface area contributed by atoms with Gasteiger partial charge in [0.25, 0.3) is 0 Å². The fourth-order valence-corrected chi connectivity index (χ4v) is 9.14. The quantitative estimate of drug-likeness (QED) is 0.166. The van der Waals surface area contributed by atoms with Crippen LogP contribution in [0.3, 0.4) is 0 Å². The van der Waals surface area contributed by atoms with E-state index in [1.54, 1.807) is 0 Å². The van der Waals surface area contributed by atoms with Crippen LogP contribution in [0.4, 0.5) is 0 Å². The van der Waals surface area contributed by atoms with Crippen molar-refractivity contribution >= 4 is 70.6 Å². The van der Waals surface area contributed by atoms with E-state index in [4.69, 9.17) is 9.98 Å². The average Bonchev–Trinajstić information content (AvgIpc) is 3.70. The minimum atomic E-state index is 0.736. The third-order valence-electron chi connectivity index (χ3n) is 10.5. The van der Waals surface area contributed by atoms with Gasteiger partial charge in [0.2, 0.25) is 0 Å². The molecule has 9 aromatic rings. The van der Waals surface area contributed by atoms with Gasteiger partial charge >= 0.3 is 0 Å². The standard InChI is InChI=1S/C49H35N3S/c1-2-32-30-42(50-49(36-18-10-5-11-19-36)51-47(32)35-16-8-4-9-17-35)34-22-25-38(26-23-34)52-43-29-28-40-39-20-12-13-21-45(39)53-48(40)46(43)41-27-24-37(31-44(41)52)33-14-6-3-7-15-33/h3-29,31H,2,30H2,1H3. The van der Waals surface area contributed by atoms with E-state index in [-0.39, 0.29) is 0 Å². The molecular formula is C49H35N3S. The lowest BCUT2D eigenvalue weighted by molar-refractivity contribution is 1.05. The van der Waals surface area contributed by atoms with Crippen LogP contribution in [0.5, 0.6) is 0 Å². The number of fused-ring (bicyclic) bond motifs is 7. The van der Waals surface area contributed by atoms with Crippen LogP contribution >= 0.6 is 11.3 Å². The van der Waals surface area contributed by atoms with Crippen molar-refractivity contribution in [2.24, 2.45) is 9.98 Å². The summed E-state index contributed by atoms with van der Waals surface area (Å²) in [6.07, 6.45) is 1.63. The molecule has 0 atom stereocenters. The number of thiophene rings is 1. The van der Waals surface area contributed by atoms with Gasteiger partial charge in [0, 0.05) is 54.2 Å². The molecule has 53 heavy (non-hydrogen) atoms. The summed E-state index contributed by atoms with van der Waals surface area (Å²) < 4.78 is 5.10. The summed E-state index contributed by atoms with van der Waals surface area (Å²) in [7, 11) is 0. The molecule has 0 aliphatic carbocycles. The summed E-state index contributed by atoms with van der Waals surface area (Å²) in [6, 6.07) is 60.9. The predicted octanol–water partition coefficient (Wildman–Crippen LogP) is 13.3. The molecule has 0 amide bonds. The lowest BCUT2D eigenvalue weighted by atomic mass is 9.96. The molecule has 2 aromatic heterocycles. The first-order chi connectivity index (χ1) is 26.2. The fourth-order valence-electron chi connectivity index (χ4n) is 7.88. The second-order valence-corrected chi connectivity index (χ2v) is 14.7. The van der Waals surface area contributed by atoms with Crippen molar-refractivity contribution in [1.29, 1.82) is 0 Å². The molecule has 7 aromatic carbocycles. The zero-order valence-electron chi connectivity index (χ0n) is 29.3. The maximum Gasteiger partial charge on any atom is 0.160 e. The first-order valence-corrected chi connectivity index (χ1v) is 19.1. The van der Waals surface area contributed by atoms with Gasteiger partial charge in [-0.25, -0.2) is 9.98 Å². The predicted molar refractivity (Wildman–Crippen MR) is 227 cm³/mol. The van der Waals surface area contributed by atoms with Crippen molar-refractivity contribution in [2.45, 2.75) is 19.8 Å². The minimum Gasteiger partial charge on any atom is -0.309 e. The van der Waals surface area contributed by atoms with Crippen LogP contribution in [0.2, 0.25) is 0 Å². The maximum absolute atomic E-state index is 5.30. The number of hydrogen-bond donors (Lipinski definition) is 0. The molecule has 1 aliphatic heterocycles. The van der Waals surface area contributed by atoms with Crippen LogP contribution in [0.15, 0.2) is 185 Å². The van der Waals surface area contributed by atoms with Gasteiger partial charge in [-0.2, -0.15) is 0 Å². The normalized spacial score (nSPS) is 13.5. The van der Waals surface area contributed by atoms with Crippen molar-refractivity contribution in [3.8, 4) is 16.8 Å². The zero-order valence-corrected chi connectivity index (χ0v) is 30.1. The van der Waals surface area contributed by atoms with Gasteiger partial charge in [0.1, 0.15) is 0 Å². The van der Waals surface area contributed by atoms with Crippen molar-refractivity contribution in [1.82, 2.24) is 4.57 Å². The van der Waals surface area contributed by atoms with Gasteiger partial charge in [-0.1, -0.05) is 146 Å². The molecule has 1 aliphatic rings.